The topological polar surface area (TPSA) is 70.3 Å². The second kappa shape index (κ2) is 4.99. The van der Waals surface area contributed by atoms with Crippen molar-refractivity contribution < 1.29 is 14.6 Å². The molecule has 0 spiro atoms. The monoisotopic (exact) mass is 217 g/mol. The molecule has 0 bridgehead atoms. The van der Waals surface area contributed by atoms with Gasteiger partial charge in [-0.05, 0) is 30.7 Å². The zero-order chi connectivity index (χ0) is 12.1. The predicted octanol–water partition coefficient (Wildman–Crippen LogP) is 1.90. The number of aromatic hydroxyl groups is 1. The van der Waals surface area contributed by atoms with Crippen molar-refractivity contribution in [2.75, 3.05) is 7.11 Å². The highest BCUT2D eigenvalue weighted by Gasteiger charge is 2.05. The van der Waals surface area contributed by atoms with E-state index in [-0.39, 0.29) is 17.1 Å². The van der Waals surface area contributed by atoms with Crippen LogP contribution < -0.4 is 4.74 Å². The fourth-order valence-corrected chi connectivity index (χ4v) is 1.16. The molecule has 0 aliphatic heterocycles. The van der Waals surface area contributed by atoms with Crippen molar-refractivity contribution in [3.8, 4) is 17.6 Å². The third kappa shape index (κ3) is 2.61. The van der Waals surface area contributed by atoms with Crippen LogP contribution in [0.3, 0.4) is 0 Å². The fourth-order valence-electron chi connectivity index (χ4n) is 1.16. The van der Waals surface area contributed by atoms with Crippen molar-refractivity contribution in [1.82, 2.24) is 0 Å². The van der Waals surface area contributed by atoms with Gasteiger partial charge in [-0.1, -0.05) is 6.07 Å². The molecule has 0 aliphatic carbocycles. The average Bonchev–Trinajstić information content (AvgIpc) is 2.27. The summed E-state index contributed by atoms with van der Waals surface area (Å²) in [4.78, 5) is 11.0. The molecule has 0 saturated carbocycles. The summed E-state index contributed by atoms with van der Waals surface area (Å²) in [5.41, 5.74) is 0.689. The van der Waals surface area contributed by atoms with Gasteiger partial charge in [0, 0.05) is 0 Å². The Morgan fingerprint density at radius 1 is 1.56 bits per heavy atom. The van der Waals surface area contributed by atoms with E-state index in [1.807, 2.05) is 6.07 Å². The maximum Gasteiger partial charge on any atom is 0.170 e. The van der Waals surface area contributed by atoms with Gasteiger partial charge in [-0.15, -0.1) is 0 Å². The summed E-state index contributed by atoms with van der Waals surface area (Å²) in [5.74, 6) is 0.0186. The molecule has 0 radical (unpaired) electrons. The Kier molecular flexibility index (Phi) is 3.67. The van der Waals surface area contributed by atoms with E-state index in [2.05, 4.69) is 0 Å². The van der Waals surface area contributed by atoms with Crippen LogP contribution in [0.1, 0.15) is 12.5 Å². The van der Waals surface area contributed by atoms with Gasteiger partial charge in [0.1, 0.15) is 6.07 Å². The maximum absolute atomic E-state index is 11.0. The highest BCUT2D eigenvalue weighted by Crippen LogP contribution is 2.27. The lowest BCUT2D eigenvalue weighted by Crippen LogP contribution is -1.93. The largest absolute Gasteiger partial charge is 0.504 e. The minimum atomic E-state index is -0.297. The average molecular weight is 217 g/mol. The molecule has 0 aromatic heterocycles. The standard InChI is InChI=1S/C12H11NO3/c1-8(14)10(7-13)5-9-3-4-11(15)12(6-9)16-2/h3-6,15H,1-2H3. The lowest BCUT2D eigenvalue weighted by molar-refractivity contribution is -0.113. The van der Waals surface area contributed by atoms with Crippen LogP contribution in [-0.2, 0) is 4.79 Å². The van der Waals surface area contributed by atoms with E-state index in [0.717, 1.165) is 0 Å². The Balaban J connectivity index is 3.16. The molecule has 0 heterocycles. The highest BCUT2D eigenvalue weighted by molar-refractivity contribution is 6.01. The molecule has 4 heteroatoms. The molecule has 0 amide bonds. The first-order chi connectivity index (χ1) is 7.58. The van der Waals surface area contributed by atoms with E-state index < -0.39 is 0 Å². The number of ketones is 1. The zero-order valence-corrected chi connectivity index (χ0v) is 9.02. The predicted molar refractivity (Wildman–Crippen MR) is 58.9 cm³/mol. The number of Topliss-reactive ketones (excluding diaryl/α,β-unsaturated/α-hetero) is 1. The Morgan fingerprint density at radius 2 is 2.25 bits per heavy atom. The highest BCUT2D eigenvalue weighted by atomic mass is 16.5. The van der Waals surface area contributed by atoms with Gasteiger partial charge in [-0.3, -0.25) is 4.79 Å². The van der Waals surface area contributed by atoms with Gasteiger partial charge in [-0.2, -0.15) is 5.26 Å². The van der Waals surface area contributed by atoms with Crippen LogP contribution in [0, 0.1) is 11.3 Å². The van der Waals surface area contributed by atoms with Crippen LogP contribution in [-0.4, -0.2) is 18.0 Å². The summed E-state index contributed by atoms with van der Waals surface area (Å²) in [5, 5.41) is 18.1. The first-order valence-corrected chi connectivity index (χ1v) is 4.58. The number of carbonyl (C=O) groups excluding carboxylic acids is 1. The van der Waals surface area contributed by atoms with Crippen molar-refractivity contribution in [1.29, 1.82) is 5.26 Å². The number of nitrogens with zero attached hydrogens (tertiary/aromatic N) is 1. The molecule has 1 aromatic carbocycles. The van der Waals surface area contributed by atoms with Crippen LogP contribution >= 0.6 is 0 Å². The minimum Gasteiger partial charge on any atom is -0.504 e. The van der Waals surface area contributed by atoms with Crippen molar-refractivity contribution in [3.05, 3.63) is 29.3 Å². The number of hydrogen-bond acceptors (Lipinski definition) is 4. The van der Waals surface area contributed by atoms with Crippen molar-refractivity contribution >= 4 is 11.9 Å². The fraction of sp³-hybridized carbons (Fsp3) is 0.167. The van der Waals surface area contributed by atoms with E-state index in [0.29, 0.717) is 11.3 Å². The van der Waals surface area contributed by atoms with Crippen LogP contribution in [0.4, 0.5) is 0 Å². The van der Waals surface area contributed by atoms with E-state index in [9.17, 15) is 9.90 Å². The zero-order valence-electron chi connectivity index (χ0n) is 9.02. The molecule has 1 rings (SSSR count). The van der Waals surface area contributed by atoms with Crippen LogP contribution in [0.25, 0.3) is 6.08 Å². The van der Waals surface area contributed by atoms with Gasteiger partial charge >= 0.3 is 0 Å². The van der Waals surface area contributed by atoms with Crippen LogP contribution in [0.15, 0.2) is 23.8 Å². The summed E-state index contributed by atoms with van der Waals surface area (Å²) < 4.78 is 4.91. The SMILES string of the molecule is COc1cc(C=C(C#N)C(C)=O)ccc1O. The van der Waals surface area contributed by atoms with Gasteiger partial charge in [-0.25, -0.2) is 0 Å². The van der Waals surface area contributed by atoms with Crippen LogP contribution in [0.5, 0.6) is 11.5 Å². The Morgan fingerprint density at radius 3 is 2.75 bits per heavy atom. The van der Waals surface area contributed by atoms with Gasteiger partial charge in [0.15, 0.2) is 17.3 Å². The molecule has 0 fully saturated rings. The van der Waals surface area contributed by atoms with Gasteiger partial charge in [0.25, 0.3) is 0 Å². The molecule has 0 saturated heterocycles. The third-order valence-corrected chi connectivity index (χ3v) is 2.01. The molecule has 0 unspecified atom stereocenters. The van der Waals surface area contributed by atoms with E-state index in [4.69, 9.17) is 10.00 Å². The molecule has 0 atom stereocenters. The summed E-state index contributed by atoms with van der Waals surface area (Å²) >= 11 is 0. The van der Waals surface area contributed by atoms with E-state index >= 15 is 0 Å². The van der Waals surface area contributed by atoms with Gasteiger partial charge in [0.2, 0.25) is 0 Å². The lowest BCUT2D eigenvalue weighted by Gasteiger charge is -2.03. The number of phenolic OH excluding ortho intramolecular Hbond substituents is 1. The number of methoxy groups -OCH3 is 1. The Bertz CT molecular complexity index is 484. The first-order valence-electron chi connectivity index (χ1n) is 4.58. The number of phenols is 1. The molecule has 1 N–H and O–H groups in total. The molecular formula is C12H11NO3. The molecular weight excluding hydrogens is 206 g/mol. The number of benzene rings is 1. The number of allylic oxidation sites excluding steroid dienone is 1. The number of hydrogen-bond donors (Lipinski definition) is 1. The third-order valence-electron chi connectivity index (χ3n) is 2.01. The van der Waals surface area contributed by atoms with Crippen molar-refractivity contribution in [3.63, 3.8) is 0 Å². The second-order valence-electron chi connectivity index (χ2n) is 3.16. The van der Waals surface area contributed by atoms with E-state index in [1.165, 1.54) is 26.2 Å². The lowest BCUT2D eigenvalue weighted by atomic mass is 10.1. The molecule has 1 aromatic rings. The summed E-state index contributed by atoms with van der Waals surface area (Å²) in [6.45, 7) is 1.33. The Labute approximate surface area is 93.4 Å². The van der Waals surface area contributed by atoms with Crippen molar-refractivity contribution in [2.24, 2.45) is 0 Å². The first kappa shape index (κ1) is 11.8. The molecule has 82 valence electrons. The number of carbonyl (C=O) groups is 1. The van der Waals surface area contributed by atoms with Gasteiger partial charge in [0.05, 0.1) is 12.7 Å². The van der Waals surface area contributed by atoms with E-state index in [1.54, 1.807) is 12.1 Å². The summed E-state index contributed by atoms with van der Waals surface area (Å²) in [7, 11) is 1.43. The molecule has 0 aliphatic rings. The smallest absolute Gasteiger partial charge is 0.170 e. The molecule has 16 heavy (non-hydrogen) atoms. The quantitative estimate of drug-likeness (QED) is 0.620. The maximum atomic E-state index is 11.0. The minimum absolute atomic E-state index is 0.0148. The van der Waals surface area contributed by atoms with Crippen LogP contribution in [0.2, 0.25) is 0 Å². The number of ether oxygens (including phenoxy) is 1. The summed E-state index contributed by atoms with van der Waals surface area (Å²) in [6, 6.07) is 6.40. The normalized spacial score (nSPS) is 10.7. The second-order valence-corrected chi connectivity index (χ2v) is 3.16. The van der Waals surface area contributed by atoms with Crippen molar-refractivity contribution in [2.45, 2.75) is 6.92 Å². The number of rotatable bonds is 3. The molecule has 4 nitrogen and oxygen atoms in total. The Hall–Kier alpha value is -2.28. The van der Waals surface area contributed by atoms with Gasteiger partial charge < -0.3 is 9.84 Å². The number of nitriles is 1. The summed E-state index contributed by atoms with van der Waals surface area (Å²) in [6.07, 6.45) is 1.45.